The highest BCUT2D eigenvalue weighted by atomic mass is 16.3. The number of nitrogens with two attached hydrogens (primary N) is 1. The molecule has 0 aromatic heterocycles. The topological polar surface area (TPSA) is 75.3 Å². The molecule has 2 unspecified atom stereocenters. The van der Waals surface area contributed by atoms with Crippen LogP contribution in [0, 0.1) is 11.8 Å². The van der Waals surface area contributed by atoms with Gasteiger partial charge in [-0.05, 0) is 30.9 Å². The summed E-state index contributed by atoms with van der Waals surface area (Å²) in [5.74, 6) is -0.383. The molecule has 0 bridgehead atoms. The highest BCUT2D eigenvalue weighted by Crippen LogP contribution is 2.12. The Morgan fingerprint density at radius 1 is 1.30 bits per heavy atom. The quantitative estimate of drug-likeness (QED) is 0.596. The van der Waals surface area contributed by atoms with E-state index in [0.717, 1.165) is 18.5 Å². The average Bonchev–Trinajstić information content (AvgIpc) is 2.41. The average molecular weight is 278 g/mol. The van der Waals surface area contributed by atoms with Crippen molar-refractivity contribution < 1.29 is 9.90 Å². The number of carbonyl (C=O) groups is 1. The monoisotopic (exact) mass is 278 g/mol. The fraction of sp³-hybridized carbons (Fsp3) is 0.562. The zero-order valence-electron chi connectivity index (χ0n) is 12.4. The number of aliphatic hydroxyl groups excluding tert-OH is 1. The number of primary amides is 1. The molecule has 0 heterocycles. The molecule has 112 valence electrons. The highest BCUT2D eigenvalue weighted by Gasteiger charge is 2.24. The van der Waals surface area contributed by atoms with E-state index in [-0.39, 0.29) is 0 Å². The van der Waals surface area contributed by atoms with Crippen LogP contribution >= 0.6 is 0 Å². The number of aliphatic hydroxyl groups is 1. The highest BCUT2D eigenvalue weighted by molar-refractivity contribution is 5.77. The molecule has 0 saturated heterocycles. The number of benzene rings is 1. The summed E-state index contributed by atoms with van der Waals surface area (Å²) >= 11 is 0. The molecule has 0 fully saturated rings. The Hall–Kier alpha value is -1.39. The van der Waals surface area contributed by atoms with Crippen LogP contribution in [0.1, 0.15) is 25.8 Å². The number of hydrogen-bond donors (Lipinski definition) is 3. The Bertz CT molecular complexity index is 393. The van der Waals surface area contributed by atoms with Crippen LogP contribution in [-0.2, 0) is 11.2 Å². The van der Waals surface area contributed by atoms with E-state index in [0.29, 0.717) is 18.9 Å². The van der Waals surface area contributed by atoms with Crippen molar-refractivity contribution in [3.8, 4) is 0 Å². The molecule has 0 aliphatic carbocycles. The second kappa shape index (κ2) is 8.72. The molecule has 0 aliphatic rings. The molecule has 0 spiro atoms. The molecule has 1 rings (SSSR count). The molecule has 4 nitrogen and oxygen atoms in total. The van der Waals surface area contributed by atoms with Crippen molar-refractivity contribution in [3.05, 3.63) is 35.9 Å². The summed E-state index contributed by atoms with van der Waals surface area (Å²) in [6.45, 7) is 5.54. The third-order valence-electron chi connectivity index (χ3n) is 3.38. The smallest absolute Gasteiger partial charge is 0.223 e. The normalized spacial score (nSPS) is 14.2. The standard InChI is InChI=1S/C16H26N2O2/c1-12(2)8-9-18-11-15(19)14(16(17)20)10-13-6-4-3-5-7-13/h3-7,12,14-15,18-19H,8-11H2,1-2H3,(H2,17,20). The Labute approximate surface area is 121 Å². The van der Waals surface area contributed by atoms with E-state index < -0.39 is 17.9 Å². The van der Waals surface area contributed by atoms with Gasteiger partial charge >= 0.3 is 0 Å². The van der Waals surface area contributed by atoms with E-state index >= 15 is 0 Å². The van der Waals surface area contributed by atoms with Crippen molar-refractivity contribution in [2.45, 2.75) is 32.8 Å². The first kappa shape index (κ1) is 16.7. The summed E-state index contributed by atoms with van der Waals surface area (Å²) in [5.41, 5.74) is 6.42. The second-order valence-corrected chi connectivity index (χ2v) is 5.65. The lowest BCUT2D eigenvalue weighted by Crippen LogP contribution is -2.41. The summed E-state index contributed by atoms with van der Waals surface area (Å²) in [5, 5.41) is 13.3. The van der Waals surface area contributed by atoms with Gasteiger partial charge < -0.3 is 16.2 Å². The van der Waals surface area contributed by atoms with E-state index in [1.54, 1.807) is 0 Å². The zero-order valence-corrected chi connectivity index (χ0v) is 12.4. The van der Waals surface area contributed by atoms with Gasteiger partial charge in [0.2, 0.25) is 5.91 Å². The van der Waals surface area contributed by atoms with E-state index in [4.69, 9.17) is 5.73 Å². The van der Waals surface area contributed by atoms with Crippen molar-refractivity contribution in [1.82, 2.24) is 5.32 Å². The van der Waals surface area contributed by atoms with Crippen molar-refractivity contribution in [3.63, 3.8) is 0 Å². The number of carbonyl (C=O) groups excluding carboxylic acids is 1. The summed E-state index contributed by atoms with van der Waals surface area (Å²) in [7, 11) is 0. The predicted octanol–water partition coefficient (Wildman–Crippen LogP) is 1.33. The Morgan fingerprint density at radius 2 is 1.95 bits per heavy atom. The minimum Gasteiger partial charge on any atom is -0.391 e. The lowest BCUT2D eigenvalue weighted by Gasteiger charge is -2.21. The van der Waals surface area contributed by atoms with E-state index in [1.807, 2.05) is 30.3 Å². The molecule has 2 atom stereocenters. The van der Waals surface area contributed by atoms with Crippen LogP contribution in [0.3, 0.4) is 0 Å². The Kier molecular flexibility index (Phi) is 7.26. The molecule has 1 aromatic rings. The van der Waals surface area contributed by atoms with Gasteiger partial charge in [-0.1, -0.05) is 44.2 Å². The zero-order chi connectivity index (χ0) is 15.0. The van der Waals surface area contributed by atoms with E-state index in [1.165, 1.54) is 0 Å². The number of rotatable bonds is 9. The van der Waals surface area contributed by atoms with Crippen LogP contribution in [0.2, 0.25) is 0 Å². The summed E-state index contributed by atoms with van der Waals surface area (Å²) in [6, 6.07) is 9.64. The van der Waals surface area contributed by atoms with Gasteiger partial charge in [-0.3, -0.25) is 4.79 Å². The van der Waals surface area contributed by atoms with Gasteiger partial charge in [-0.25, -0.2) is 0 Å². The lowest BCUT2D eigenvalue weighted by atomic mass is 9.93. The van der Waals surface area contributed by atoms with Gasteiger partial charge in [0, 0.05) is 6.54 Å². The summed E-state index contributed by atoms with van der Waals surface area (Å²) < 4.78 is 0. The molecule has 20 heavy (non-hydrogen) atoms. The van der Waals surface area contributed by atoms with Crippen LogP contribution in [0.4, 0.5) is 0 Å². The summed E-state index contributed by atoms with van der Waals surface area (Å²) in [4.78, 5) is 11.5. The molecule has 0 aliphatic heterocycles. The summed E-state index contributed by atoms with van der Waals surface area (Å²) in [6.07, 6.45) is 0.774. The van der Waals surface area contributed by atoms with Gasteiger partial charge in [0.1, 0.15) is 0 Å². The number of nitrogens with one attached hydrogen (secondary N) is 1. The van der Waals surface area contributed by atoms with Gasteiger partial charge in [0.15, 0.2) is 0 Å². The fourth-order valence-electron chi connectivity index (χ4n) is 2.08. The Balaban J connectivity index is 2.47. The van der Waals surface area contributed by atoms with Crippen molar-refractivity contribution in [2.75, 3.05) is 13.1 Å². The molecule has 4 heteroatoms. The molecule has 1 amide bonds. The molecule has 1 aromatic carbocycles. The molecule has 4 N–H and O–H groups in total. The van der Waals surface area contributed by atoms with E-state index in [2.05, 4.69) is 19.2 Å². The maximum Gasteiger partial charge on any atom is 0.223 e. The number of hydrogen-bond acceptors (Lipinski definition) is 3. The fourth-order valence-corrected chi connectivity index (χ4v) is 2.08. The van der Waals surface area contributed by atoms with Crippen LogP contribution < -0.4 is 11.1 Å². The minimum absolute atomic E-state index is 0.396. The maximum atomic E-state index is 11.5. The molecule has 0 saturated carbocycles. The molecular weight excluding hydrogens is 252 g/mol. The van der Waals surface area contributed by atoms with Gasteiger partial charge in [0.25, 0.3) is 0 Å². The van der Waals surface area contributed by atoms with Crippen molar-refractivity contribution in [1.29, 1.82) is 0 Å². The third-order valence-corrected chi connectivity index (χ3v) is 3.38. The first-order chi connectivity index (χ1) is 9.50. The van der Waals surface area contributed by atoms with Crippen LogP contribution in [0.5, 0.6) is 0 Å². The largest absolute Gasteiger partial charge is 0.391 e. The molecular formula is C16H26N2O2. The third kappa shape index (κ3) is 6.17. The van der Waals surface area contributed by atoms with Gasteiger partial charge in [-0.2, -0.15) is 0 Å². The molecule has 0 radical (unpaired) electrons. The minimum atomic E-state index is -0.750. The first-order valence-electron chi connectivity index (χ1n) is 7.22. The van der Waals surface area contributed by atoms with E-state index in [9.17, 15) is 9.90 Å². The van der Waals surface area contributed by atoms with Crippen LogP contribution in [0.25, 0.3) is 0 Å². The predicted molar refractivity (Wildman–Crippen MR) is 81.2 cm³/mol. The van der Waals surface area contributed by atoms with Crippen molar-refractivity contribution >= 4 is 5.91 Å². The maximum absolute atomic E-state index is 11.5. The van der Waals surface area contributed by atoms with Crippen molar-refractivity contribution in [2.24, 2.45) is 17.6 Å². The van der Waals surface area contributed by atoms with Gasteiger partial charge in [-0.15, -0.1) is 0 Å². The van der Waals surface area contributed by atoms with Crippen LogP contribution in [-0.4, -0.2) is 30.2 Å². The number of amides is 1. The first-order valence-corrected chi connectivity index (χ1v) is 7.22. The lowest BCUT2D eigenvalue weighted by molar-refractivity contribution is -0.125. The Morgan fingerprint density at radius 3 is 2.50 bits per heavy atom. The second-order valence-electron chi connectivity index (χ2n) is 5.65. The SMILES string of the molecule is CC(C)CCNCC(O)C(Cc1ccccc1)C(N)=O. The van der Waals surface area contributed by atoms with Crippen LogP contribution in [0.15, 0.2) is 30.3 Å². The van der Waals surface area contributed by atoms with Gasteiger partial charge in [0.05, 0.1) is 12.0 Å².